The van der Waals surface area contributed by atoms with Gasteiger partial charge in [0.25, 0.3) is 0 Å². The number of rotatable bonds is 5. The van der Waals surface area contributed by atoms with Gasteiger partial charge in [-0.05, 0) is 50.2 Å². The number of carbonyl (C=O) groups excluding carboxylic acids is 1. The van der Waals surface area contributed by atoms with Gasteiger partial charge in [0.2, 0.25) is 0 Å². The predicted molar refractivity (Wildman–Crippen MR) is 103 cm³/mol. The van der Waals surface area contributed by atoms with Crippen LogP contribution < -0.4 is 0 Å². The number of nitrogens with zero attached hydrogens (tertiary/aromatic N) is 2. The minimum Gasteiger partial charge on any atom is -0.511 e. The Balaban J connectivity index is 1.57. The molecule has 1 aliphatic heterocycles. The molecule has 0 spiro atoms. The summed E-state index contributed by atoms with van der Waals surface area (Å²) >= 11 is 0. The molecule has 5 nitrogen and oxygen atoms in total. The van der Waals surface area contributed by atoms with Gasteiger partial charge in [-0.25, -0.2) is 4.39 Å². The van der Waals surface area contributed by atoms with Crippen LogP contribution in [0.3, 0.4) is 0 Å². The smallest absolute Gasteiger partial charge is 0.176 e. The van der Waals surface area contributed by atoms with E-state index in [1.165, 1.54) is 30.7 Å². The second kappa shape index (κ2) is 8.10. The molecule has 2 heterocycles. The SMILES string of the molecule is O=C1[C]=CC=C(O)C1C(C=CCc1noc2cc(F)ccc12)N1CCCCC1. The van der Waals surface area contributed by atoms with Crippen LogP contribution in [0.15, 0.2) is 52.8 Å². The first-order valence-electron chi connectivity index (χ1n) is 9.61. The Hall–Kier alpha value is -2.73. The van der Waals surface area contributed by atoms with Crippen LogP contribution in [-0.4, -0.2) is 40.1 Å². The summed E-state index contributed by atoms with van der Waals surface area (Å²) in [6.45, 7) is 1.78. The van der Waals surface area contributed by atoms with Gasteiger partial charge >= 0.3 is 0 Å². The van der Waals surface area contributed by atoms with Crippen molar-refractivity contribution in [3.63, 3.8) is 0 Å². The maximum atomic E-state index is 13.3. The van der Waals surface area contributed by atoms with E-state index >= 15 is 0 Å². The number of aliphatic hydroxyl groups is 1. The van der Waals surface area contributed by atoms with Gasteiger partial charge in [-0.15, -0.1) is 0 Å². The van der Waals surface area contributed by atoms with Crippen molar-refractivity contribution in [2.45, 2.75) is 31.7 Å². The number of Topliss-reactive ketones (excluding diaryl/α,β-unsaturated/α-hetero) is 1. The summed E-state index contributed by atoms with van der Waals surface area (Å²) in [5, 5.41) is 15.1. The van der Waals surface area contributed by atoms with Gasteiger partial charge in [-0.2, -0.15) is 0 Å². The third-order valence-corrected chi connectivity index (χ3v) is 5.39. The second-order valence-electron chi connectivity index (χ2n) is 7.23. The molecule has 1 saturated heterocycles. The van der Waals surface area contributed by atoms with E-state index in [0.29, 0.717) is 17.7 Å². The third kappa shape index (κ3) is 3.78. The van der Waals surface area contributed by atoms with E-state index in [4.69, 9.17) is 4.52 Å². The van der Waals surface area contributed by atoms with Crippen LogP contribution in [-0.2, 0) is 11.2 Å². The van der Waals surface area contributed by atoms with Gasteiger partial charge in [0.1, 0.15) is 11.6 Å². The van der Waals surface area contributed by atoms with E-state index in [9.17, 15) is 14.3 Å². The number of aliphatic hydroxyl groups excluding tert-OH is 1. The highest BCUT2D eigenvalue weighted by atomic mass is 19.1. The molecule has 145 valence electrons. The zero-order valence-electron chi connectivity index (χ0n) is 15.5. The molecule has 1 radical (unpaired) electrons. The lowest BCUT2D eigenvalue weighted by Crippen LogP contribution is -2.46. The van der Waals surface area contributed by atoms with Crippen LogP contribution in [0.25, 0.3) is 11.0 Å². The minimum absolute atomic E-state index is 0.0753. The Labute approximate surface area is 162 Å². The summed E-state index contributed by atoms with van der Waals surface area (Å²) in [5.41, 5.74) is 1.13. The molecule has 1 fully saturated rings. The molecule has 2 aliphatic rings. The fraction of sp³-hybridized carbons (Fsp3) is 0.364. The van der Waals surface area contributed by atoms with Crippen LogP contribution in [0.2, 0.25) is 0 Å². The summed E-state index contributed by atoms with van der Waals surface area (Å²) in [6, 6.07) is 4.12. The number of likely N-dealkylation sites (tertiary alicyclic amines) is 1. The van der Waals surface area contributed by atoms with Crippen LogP contribution in [0.1, 0.15) is 25.0 Å². The van der Waals surface area contributed by atoms with Crippen molar-refractivity contribution in [3.05, 3.63) is 65.8 Å². The number of fused-ring (bicyclic) bond motifs is 1. The fourth-order valence-electron chi connectivity index (χ4n) is 3.96. The van der Waals surface area contributed by atoms with E-state index in [0.717, 1.165) is 31.3 Å². The van der Waals surface area contributed by atoms with Crippen molar-refractivity contribution in [2.24, 2.45) is 5.92 Å². The molecule has 1 aromatic carbocycles. The standard InChI is InChI=1S/C22H22FN2O3/c23-15-10-11-16-17(24-28-21(16)14-15)6-4-7-18(25-12-2-1-3-13-25)22-19(26)8-5-9-20(22)27/h4-5,7-8,10-11,14,18,22,26H,1-3,6,12-13H2. The molecule has 4 rings (SSSR count). The van der Waals surface area contributed by atoms with Gasteiger partial charge in [-0.1, -0.05) is 23.7 Å². The summed E-state index contributed by atoms with van der Waals surface area (Å²) in [7, 11) is 0. The molecule has 1 N–H and O–H groups in total. The van der Waals surface area contributed by atoms with E-state index in [1.807, 2.05) is 12.2 Å². The first-order chi connectivity index (χ1) is 13.6. The van der Waals surface area contributed by atoms with E-state index in [1.54, 1.807) is 6.07 Å². The lowest BCUT2D eigenvalue weighted by atomic mass is 9.87. The summed E-state index contributed by atoms with van der Waals surface area (Å²) in [6.07, 6.45) is 13.4. The Kier molecular flexibility index (Phi) is 5.39. The van der Waals surface area contributed by atoms with Crippen LogP contribution in [0.4, 0.5) is 4.39 Å². The third-order valence-electron chi connectivity index (χ3n) is 5.39. The lowest BCUT2D eigenvalue weighted by Gasteiger charge is -2.37. The number of hydrogen-bond acceptors (Lipinski definition) is 5. The van der Waals surface area contributed by atoms with Crippen molar-refractivity contribution in [3.8, 4) is 0 Å². The number of benzene rings is 1. The zero-order valence-corrected chi connectivity index (χ0v) is 15.5. The molecular formula is C22H22FN2O3. The highest BCUT2D eigenvalue weighted by Gasteiger charge is 2.34. The molecular weight excluding hydrogens is 359 g/mol. The quantitative estimate of drug-likeness (QED) is 0.795. The lowest BCUT2D eigenvalue weighted by molar-refractivity contribution is -0.120. The van der Waals surface area contributed by atoms with Crippen LogP contribution >= 0.6 is 0 Å². The first-order valence-corrected chi connectivity index (χ1v) is 9.61. The van der Waals surface area contributed by atoms with Gasteiger partial charge in [-0.3, -0.25) is 9.69 Å². The molecule has 1 aliphatic carbocycles. The van der Waals surface area contributed by atoms with E-state index in [-0.39, 0.29) is 23.4 Å². The number of halogens is 1. The Bertz CT molecular complexity index is 954. The average molecular weight is 381 g/mol. The maximum Gasteiger partial charge on any atom is 0.176 e. The van der Waals surface area contributed by atoms with E-state index in [2.05, 4.69) is 16.1 Å². The van der Waals surface area contributed by atoms with Gasteiger partial charge in [0.15, 0.2) is 11.4 Å². The molecule has 2 atom stereocenters. The number of aromatic nitrogens is 1. The molecule has 28 heavy (non-hydrogen) atoms. The summed E-state index contributed by atoms with van der Waals surface area (Å²) in [4.78, 5) is 14.7. The fourth-order valence-corrected chi connectivity index (χ4v) is 3.96. The monoisotopic (exact) mass is 381 g/mol. The molecule has 6 heteroatoms. The summed E-state index contributed by atoms with van der Waals surface area (Å²) < 4.78 is 18.5. The van der Waals surface area contributed by atoms with E-state index < -0.39 is 5.92 Å². The van der Waals surface area contributed by atoms with Crippen molar-refractivity contribution < 1.29 is 18.8 Å². The Morgan fingerprint density at radius 1 is 1.36 bits per heavy atom. The number of carbonyl (C=O) groups is 1. The highest BCUT2D eigenvalue weighted by molar-refractivity contribution is 5.92. The van der Waals surface area contributed by atoms with Crippen molar-refractivity contribution in [1.82, 2.24) is 10.1 Å². The van der Waals surface area contributed by atoms with Gasteiger partial charge < -0.3 is 9.63 Å². The molecule has 2 unspecified atom stereocenters. The second-order valence-corrected chi connectivity index (χ2v) is 7.23. The average Bonchev–Trinajstić information content (AvgIpc) is 3.09. The summed E-state index contributed by atoms with van der Waals surface area (Å²) in [5.74, 6) is -1.13. The van der Waals surface area contributed by atoms with Crippen molar-refractivity contribution in [1.29, 1.82) is 0 Å². The molecule has 0 saturated carbocycles. The minimum atomic E-state index is -0.637. The maximum absolute atomic E-state index is 13.3. The molecule has 2 aromatic rings. The number of allylic oxidation sites excluding steroid dienone is 4. The molecule has 0 bridgehead atoms. The molecule has 0 amide bonds. The van der Waals surface area contributed by atoms with Crippen molar-refractivity contribution in [2.75, 3.05) is 13.1 Å². The van der Waals surface area contributed by atoms with Crippen molar-refractivity contribution >= 4 is 16.8 Å². The normalized spacial score (nSPS) is 22.1. The number of hydrogen-bond donors (Lipinski definition) is 1. The van der Waals surface area contributed by atoms with Gasteiger partial charge in [0, 0.05) is 30.0 Å². The first kappa shape index (κ1) is 18.6. The Morgan fingerprint density at radius 3 is 2.96 bits per heavy atom. The zero-order chi connectivity index (χ0) is 19.5. The van der Waals surface area contributed by atoms with Crippen LogP contribution in [0.5, 0.6) is 0 Å². The topological polar surface area (TPSA) is 66.6 Å². The number of ketones is 1. The number of piperidine rings is 1. The van der Waals surface area contributed by atoms with Crippen LogP contribution in [0, 0.1) is 17.8 Å². The highest BCUT2D eigenvalue weighted by Crippen LogP contribution is 2.27. The van der Waals surface area contributed by atoms with Gasteiger partial charge in [0.05, 0.1) is 11.6 Å². The Morgan fingerprint density at radius 2 is 2.18 bits per heavy atom. The largest absolute Gasteiger partial charge is 0.511 e. The predicted octanol–water partition coefficient (Wildman–Crippen LogP) is 3.92. The molecule has 1 aromatic heterocycles.